The number of aromatic amines is 2. The molecule has 7 aromatic rings. The van der Waals surface area contributed by atoms with E-state index in [-0.39, 0.29) is 24.8 Å². The smallest absolute Gasteiger partial charge is 0.164 e. The van der Waals surface area contributed by atoms with Gasteiger partial charge in [-0.2, -0.15) is 0 Å². The third-order valence-electron chi connectivity index (χ3n) is 7.46. The Hall–Kier alpha value is -4.93. The molecule has 2 aliphatic heterocycles. The van der Waals surface area contributed by atoms with E-state index in [0.717, 1.165) is 43.8 Å². The van der Waals surface area contributed by atoms with E-state index in [1.807, 2.05) is 97.1 Å². The van der Waals surface area contributed by atoms with Crippen molar-refractivity contribution in [1.82, 2.24) is 39.9 Å². The van der Waals surface area contributed by atoms with Crippen LogP contribution in [0.3, 0.4) is 0 Å². The fourth-order valence-corrected chi connectivity index (χ4v) is 5.59. The molecule has 10 heteroatoms. The van der Waals surface area contributed by atoms with Crippen molar-refractivity contribution < 1.29 is 3.22 Å². The zero-order valence-corrected chi connectivity index (χ0v) is 28.1. The van der Waals surface area contributed by atoms with Crippen LogP contribution in [-0.4, -0.2) is 67.9 Å². The molecule has 0 aliphatic carbocycles. The number of rotatable bonds is 0. The third-order valence-corrected chi connectivity index (χ3v) is 7.46. The predicted octanol–water partition coefficient (Wildman–Crippen LogP) is 5.40. The number of nitrogens with one attached hydrogen (secondary N) is 2. The van der Waals surface area contributed by atoms with E-state index in [2.05, 4.69) is 9.97 Å². The maximum absolute atomic E-state index is 7.21. The van der Waals surface area contributed by atoms with Crippen LogP contribution in [0.1, 0.15) is 0 Å². The molecule has 0 fully saturated rings. The molecule has 5 heterocycles. The van der Waals surface area contributed by atoms with Crippen molar-refractivity contribution in [3.05, 3.63) is 97.1 Å². The van der Waals surface area contributed by atoms with Crippen molar-refractivity contribution in [2.45, 2.75) is 0 Å². The Balaban J connectivity index is 0.00000131. The summed E-state index contributed by atoms with van der Waals surface area (Å²) < 4.78 is 7.21. The van der Waals surface area contributed by atoms with E-state index in [0.29, 0.717) is 45.9 Å². The molecule has 0 atom stereocenters. The summed E-state index contributed by atoms with van der Waals surface area (Å²) in [6.07, 6.45) is 0. The Bertz CT molecular complexity index is 2040. The van der Waals surface area contributed by atoms with E-state index in [4.69, 9.17) is 33.1 Å². The summed E-state index contributed by atoms with van der Waals surface area (Å²) in [7, 11) is 0. The van der Waals surface area contributed by atoms with Crippen LogP contribution in [-0.2, 0) is 0 Å². The summed E-state index contributed by atoms with van der Waals surface area (Å²) >= 11 is -0.0500. The van der Waals surface area contributed by atoms with Gasteiger partial charge in [0.1, 0.15) is 22.6 Å². The number of hydrogen-bond donors (Lipinski definition) is 3. The average molecular weight is 648 g/mol. The van der Waals surface area contributed by atoms with Gasteiger partial charge in [0.2, 0.25) is 0 Å². The summed E-state index contributed by atoms with van der Waals surface area (Å²) in [6, 6.07) is 32.2. The molecular formula is C32H21InN8O. The molecule has 3 aromatic heterocycles. The summed E-state index contributed by atoms with van der Waals surface area (Å²) in [6.45, 7) is 0. The van der Waals surface area contributed by atoms with Crippen LogP contribution in [0.4, 0.5) is 0 Å². The minimum absolute atomic E-state index is 0.0500. The van der Waals surface area contributed by atoms with Crippen LogP contribution in [0.5, 0.6) is 0 Å². The molecule has 0 saturated carbocycles. The molecule has 2 aliphatic rings. The molecular weight excluding hydrogens is 627 g/mol. The fourth-order valence-electron chi connectivity index (χ4n) is 5.59. The fraction of sp³-hybridized carbons (Fsp3) is 0. The van der Waals surface area contributed by atoms with E-state index in [1.54, 1.807) is 0 Å². The first kappa shape index (κ1) is 24.8. The maximum atomic E-state index is 7.21. The van der Waals surface area contributed by atoms with Crippen molar-refractivity contribution in [1.29, 1.82) is 0 Å². The van der Waals surface area contributed by atoms with Crippen LogP contribution in [0.15, 0.2) is 97.1 Å². The van der Waals surface area contributed by atoms with E-state index in [9.17, 15) is 0 Å². The SMILES string of the molecule is [OH][InH2].c1ccc2c(c1)-c1nc-2nc2[nH]c(nc3nc(nc4[nH]c(n1)c1ccccc41)-c1ccccc1-3)c1ccccc21. The first-order chi connectivity index (χ1) is 20.8. The third kappa shape index (κ3) is 3.83. The molecule has 0 unspecified atom stereocenters. The van der Waals surface area contributed by atoms with Crippen molar-refractivity contribution in [3.63, 3.8) is 0 Å². The Morgan fingerprint density at radius 1 is 0.357 bits per heavy atom. The zero-order chi connectivity index (χ0) is 28.2. The molecule has 3 N–H and O–H groups in total. The number of H-pyrrole nitrogens is 2. The van der Waals surface area contributed by atoms with Crippen LogP contribution < -0.4 is 0 Å². The number of benzene rings is 4. The van der Waals surface area contributed by atoms with E-state index in [1.165, 1.54) is 0 Å². The van der Waals surface area contributed by atoms with E-state index >= 15 is 0 Å². The number of nitrogens with zero attached hydrogens (tertiary/aromatic N) is 6. The second-order valence-corrected chi connectivity index (χ2v) is 9.79. The molecule has 0 amide bonds. The standard InChI is InChI=1S/C32H18N8.In.H2O.2H/c1-2-10-18-17(9-1)25-33-26(18)38-28-21-13-5-6-14-22(21)30(35-28)40-32-24-16-8-7-15-23(24)31(36-32)39-29-20-12-4-3-11-19(20)27(34-29)37-25;;;;/h1-16H,(H2,33,34,35,36,37,38,39,40);;1H2;;/q;+1;;;/p-1. The van der Waals surface area contributed by atoms with Crippen LogP contribution in [0.2, 0.25) is 0 Å². The van der Waals surface area contributed by atoms with Gasteiger partial charge in [0, 0.05) is 43.8 Å². The quantitative estimate of drug-likeness (QED) is 0.201. The Morgan fingerprint density at radius 2 is 0.595 bits per heavy atom. The molecule has 8 bridgehead atoms. The molecule has 0 radical (unpaired) electrons. The minimum atomic E-state index is -0.0500. The summed E-state index contributed by atoms with van der Waals surface area (Å²) in [4.78, 5) is 36.8. The predicted molar refractivity (Wildman–Crippen MR) is 167 cm³/mol. The van der Waals surface area contributed by atoms with Gasteiger partial charge in [-0.05, 0) is 0 Å². The van der Waals surface area contributed by atoms with Crippen molar-refractivity contribution in [3.8, 4) is 45.6 Å². The first-order valence-electron chi connectivity index (χ1n) is 13.4. The number of aromatic nitrogens is 8. The monoisotopic (exact) mass is 648 g/mol. The van der Waals surface area contributed by atoms with Gasteiger partial charge in [-0.3, -0.25) is 0 Å². The maximum Gasteiger partial charge on any atom is 0.164 e. The minimum Gasteiger partial charge on any atom is -0.324 e. The van der Waals surface area contributed by atoms with Gasteiger partial charge in [0.05, 0.1) is 0 Å². The molecule has 0 spiro atoms. The van der Waals surface area contributed by atoms with Gasteiger partial charge in [-0.15, -0.1) is 0 Å². The molecule has 9 rings (SSSR count). The molecule has 198 valence electrons. The summed E-state index contributed by atoms with van der Waals surface area (Å²) in [5, 5.41) is 3.82. The van der Waals surface area contributed by atoms with E-state index < -0.39 is 0 Å². The van der Waals surface area contributed by atoms with Gasteiger partial charge in [0.15, 0.2) is 23.3 Å². The van der Waals surface area contributed by atoms with Crippen molar-refractivity contribution in [2.24, 2.45) is 0 Å². The average Bonchev–Trinajstić information content (AvgIpc) is 3.78. The van der Waals surface area contributed by atoms with Gasteiger partial charge >= 0.3 is 28.0 Å². The van der Waals surface area contributed by atoms with Gasteiger partial charge in [-0.1, -0.05) is 97.1 Å². The van der Waals surface area contributed by atoms with Crippen LogP contribution in [0.25, 0.3) is 89.7 Å². The van der Waals surface area contributed by atoms with Crippen LogP contribution >= 0.6 is 0 Å². The molecule has 42 heavy (non-hydrogen) atoms. The van der Waals surface area contributed by atoms with Gasteiger partial charge < -0.3 is 9.97 Å². The van der Waals surface area contributed by atoms with Gasteiger partial charge in [0.25, 0.3) is 0 Å². The van der Waals surface area contributed by atoms with Crippen molar-refractivity contribution in [2.75, 3.05) is 0 Å². The Morgan fingerprint density at radius 3 is 0.857 bits per heavy atom. The molecule has 4 aromatic carbocycles. The zero-order valence-electron chi connectivity index (χ0n) is 22.4. The summed E-state index contributed by atoms with van der Waals surface area (Å²) in [5.41, 5.74) is 6.45. The molecule has 0 saturated heterocycles. The summed E-state index contributed by atoms with van der Waals surface area (Å²) in [5.74, 6) is 2.39. The second-order valence-electron chi connectivity index (χ2n) is 9.79. The molecule has 9 nitrogen and oxygen atoms in total. The largest absolute Gasteiger partial charge is 0.324 e. The van der Waals surface area contributed by atoms with Crippen LogP contribution in [0, 0.1) is 0 Å². The van der Waals surface area contributed by atoms with Gasteiger partial charge in [-0.25, -0.2) is 29.9 Å². The normalized spacial score (nSPS) is 11.5. The first-order valence-corrected chi connectivity index (χ1v) is 16.0. The van der Waals surface area contributed by atoms with Crippen molar-refractivity contribution >= 4 is 68.9 Å². The Kier molecular flexibility index (Phi) is 5.83. The number of fused-ring (bicyclic) bond motifs is 20. The Labute approximate surface area is 253 Å². The second kappa shape index (κ2) is 9.86. The number of hydrogen-bond acceptors (Lipinski definition) is 7. The topological polar surface area (TPSA) is 129 Å².